The number of hydrogen-bond acceptors (Lipinski definition) is 5. The summed E-state index contributed by atoms with van der Waals surface area (Å²) in [5.41, 5.74) is 6.99. The summed E-state index contributed by atoms with van der Waals surface area (Å²) in [6.45, 7) is 4.62. The highest BCUT2D eigenvalue weighted by molar-refractivity contribution is 6.33. The molecule has 1 unspecified atom stereocenters. The van der Waals surface area contributed by atoms with Gasteiger partial charge >= 0.3 is 0 Å². The number of halogens is 1. The SMILES string of the molecule is CCCC(OCC)c1noc(-c2c(N)cccc2Cl)n1. The molecule has 0 saturated carbocycles. The van der Waals surface area contributed by atoms with E-state index in [0.717, 1.165) is 12.8 Å². The first kappa shape index (κ1) is 14.8. The van der Waals surface area contributed by atoms with Crippen LogP contribution in [0.4, 0.5) is 5.69 Å². The van der Waals surface area contributed by atoms with Crippen molar-refractivity contribution in [1.29, 1.82) is 0 Å². The quantitative estimate of drug-likeness (QED) is 0.819. The predicted molar refractivity (Wildman–Crippen MR) is 78.4 cm³/mol. The third-order valence-corrected chi connectivity index (χ3v) is 3.22. The molecule has 0 amide bonds. The van der Waals surface area contributed by atoms with E-state index in [1.54, 1.807) is 18.2 Å². The molecule has 2 N–H and O–H groups in total. The first-order chi connectivity index (χ1) is 9.67. The van der Waals surface area contributed by atoms with Crippen LogP contribution in [0.15, 0.2) is 22.7 Å². The molecule has 6 heteroatoms. The van der Waals surface area contributed by atoms with Crippen molar-refractivity contribution in [3.05, 3.63) is 29.0 Å². The van der Waals surface area contributed by atoms with Gasteiger partial charge in [-0.05, 0) is 25.5 Å². The molecule has 5 nitrogen and oxygen atoms in total. The molecule has 0 aliphatic carbocycles. The molecule has 20 heavy (non-hydrogen) atoms. The number of aromatic nitrogens is 2. The van der Waals surface area contributed by atoms with Crippen LogP contribution in [-0.4, -0.2) is 16.7 Å². The van der Waals surface area contributed by atoms with Crippen molar-refractivity contribution in [2.45, 2.75) is 32.8 Å². The number of rotatable bonds is 6. The lowest BCUT2D eigenvalue weighted by Crippen LogP contribution is -2.06. The number of nitrogens with two attached hydrogens (primary N) is 1. The lowest BCUT2D eigenvalue weighted by atomic mass is 10.1. The second-order valence-corrected chi connectivity index (χ2v) is 4.80. The molecule has 1 aromatic heterocycles. The minimum absolute atomic E-state index is 0.161. The van der Waals surface area contributed by atoms with E-state index in [1.165, 1.54) is 0 Å². The molecular formula is C14H18ClN3O2. The van der Waals surface area contributed by atoms with Gasteiger partial charge in [0.05, 0.1) is 10.6 Å². The van der Waals surface area contributed by atoms with Crippen LogP contribution in [-0.2, 0) is 4.74 Å². The van der Waals surface area contributed by atoms with Crippen LogP contribution in [0.25, 0.3) is 11.5 Å². The Morgan fingerprint density at radius 2 is 2.20 bits per heavy atom. The summed E-state index contributed by atoms with van der Waals surface area (Å²) in [6.07, 6.45) is 1.65. The van der Waals surface area contributed by atoms with E-state index in [9.17, 15) is 0 Å². The zero-order valence-corrected chi connectivity index (χ0v) is 12.4. The van der Waals surface area contributed by atoms with Gasteiger partial charge in [-0.25, -0.2) is 0 Å². The highest BCUT2D eigenvalue weighted by atomic mass is 35.5. The van der Waals surface area contributed by atoms with Gasteiger partial charge in [0, 0.05) is 12.3 Å². The van der Waals surface area contributed by atoms with Crippen molar-refractivity contribution < 1.29 is 9.26 Å². The Labute approximate surface area is 123 Å². The first-order valence-corrected chi connectivity index (χ1v) is 7.04. The smallest absolute Gasteiger partial charge is 0.261 e. The van der Waals surface area contributed by atoms with Crippen molar-refractivity contribution in [2.75, 3.05) is 12.3 Å². The second-order valence-electron chi connectivity index (χ2n) is 4.39. The van der Waals surface area contributed by atoms with Gasteiger partial charge in [-0.1, -0.05) is 36.2 Å². The number of hydrogen-bond donors (Lipinski definition) is 1. The molecule has 108 valence electrons. The maximum Gasteiger partial charge on any atom is 0.261 e. The average molecular weight is 296 g/mol. The topological polar surface area (TPSA) is 74.2 Å². The third kappa shape index (κ3) is 3.11. The third-order valence-electron chi connectivity index (χ3n) is 2.91. The molecule has 0 saturated heterocycles. The first-order valence-electron chi connectivity index (χ1n) is 6.66. The summed E-state index contributed by atoms with van der Waals surface area (Å²) in [5.74, 6) is 0.854. The van der Waals surface area contributed by atoms with Gasteiger partial charge in [0.1, 0.15) is 6.10 Å². The zero-order chi connectivity index (χ0) is 14.5. The van der Waals surface area contributed by atoms with Crippen LogP contribution >= 0.6 is 11.6 Å². The van der Waals surface area contributed by atoms with Gasteiger partial charge in [0.15, 0.2) is 0 Å². The zero-order valence-electron chi connectivity index (χ0n) is 11.6. The minimum atomic E-state index is -0.161. The van der Waals surface area contributed by atoms with Crippen LogP contribution in [0.5, 0.6) is 0 Å². The van der Waals surface area contributed by atoms with Crippen LogP contribution in [0.1, 0.15) is 38.6 Å². The lowest BCUT2D eigenvalue weighted by molar-refractivity contribution is 0.0478. The predicted octanol–water partition coefficient (Wildman–Crippen LogP) is 3.85. The number of anilines is 1. The minimum Gasteiger partial charge on any atom is -0.398 e. The molecule has 2 rings (SSSR count). The van der Waals surface area contributed by atoms with Crippen molar-refractivity contribution in [3.8, 4) is 11.5 Å². The summed E-state index contributed by atoms with van der Waals surface area (Å²) in [6, 6.07) is 5.26. The van der Waals surface area contributed by atoms with E-state index in [0.29, 0.717) is 34.6 Å². The Morgan fingerprint density at radius 3 is 2.85 bits per heavy atom. The fraction of sp³-hybridized carbons (Fsp3) is 0.429. The van der Waals surface area contributed by atoms with Crippen LogP contribution in [0.2, 0.25) is 5.02 Å². The number of nitrogen functional groups attached to an aromatic ring is 1. The molecule has 0 radical (unpaired) electrons. The van der Waals surface area contributed by atoms with Crippen LogP contribution in [0.3, 0.4) is 0 Å². The van der Waals surface area contributed by atoms with Crippen molar-refractivity contribution in [3.63, 3.8) is 0 Å². The standard InChI is InChI=1S/C14H18ClN3O2/c1-3-6-11(19-4-2)13-17-14(20-18-13)12-9(15)7-5-8-10(12)16/h5,7-8,11H,3-4,6,16H2,1-2H3. The molecule has 1 aromatic carbocycles. The number of ether oxygens (including phenoxy) is 1. The van der Waals surface area contributed by atoms with Gasteiger partial charge in [0.25, 0.3) is 5.89 Å². The molecule has 0 spiro atoms. The molecule has 1 heterocycles. The number of nitrogens with zero attached hydrogens (tertiary/aromatic N) is 2. The molecule has 0 aliphatic rings. The Balaban J connectivity index is 2.32. The Morgan fingerprint density at radius 1 is 1.40 bits per heavy atom. The van der Waals surface area contributed by atoms with E-state index in [-0.39, 0.29) is 6.10 Å². The second kappa shape index (κ2) is 6.72. The highest BCUT2D eigenvalue weighted by Gasteiger charge is 2.20. The van der Waals surface area contributed by atoms with Crippen molar-refractivity contribution in [1.82, 2.24) is 10.1 Å². The van der Waals surface area contributed by atoms with Gasteiger partial charge in [-0.15, -0.1) is 0 Å². The van der Waals surface area contributed by atoms with E-state index in [1.807, 2.05) is 6.92 Å². The van der Waals surface area contributed by atoms with Crippen molar-refractivity contribution in [2.24, 2.45) is 0 Å². The van der Waals surface area contributed by atoms with Crippen LogP contribution in [0, 0.1) is 0 Å². The Hall–Kier alpha value is -1.59. The summed E-state index contributed by atoms with van der Waals surface area (Å²) in [4.78, 5) is 4.37. The Kier molecular flexibility index (Phi) is 4.98. The molecular weight excluding hydrogens is 278 g/mol. The highest BCUT2D eigenvalue weighted by Crippen LogP contribution is 2.33. The summed E-state index contributed by atoms with van der Waals surface area (Å²) >= 11 is 6.14. The molecule has 0 bridgehead atoms. The van der Waals surface area contributed by atoms with Crippen molar-refractivity contribution >= 4 is 17.3 Å². The van der Waals surface area contributed by atoms with Gasteiger partial charge in [-0.3, -0.25) is 0 Å². The van der Waals surface area contributed by atoms with Gasteiger partial charge in [0.2, 0.25) is 5.82 Å². The fourth-order valence-electron chi connectivity index (χ4n) is 1.98. The lowest BCUT2D eigenvalue weighted by Gasteiger charge is -2.11. The maximum atomic E-state index is 6.14. The van der Waals surface area contributed by atoms with E-state index in [4.69, 9.17) is 26.6 Å². The number of benzene rings is 1. The van der Waals surface area contributed by atoms with Crippen LogP contribution < -0.4 is 5.73 Å². The van der Waals surface area contributed by atoms with E-state index in [2.05, 4.69) is 17.1 Å². The monoisotopic (exact) mass is 295 g/mol. The average Bonchev–Trinajstić information content (AvgIpc) is 2.87. The summed E-state index contributed by atoms with van der Waals surface area (Å²) in [5, 5.41) is 4.48. The molecule has 2 aromatic rings. The summed E-state index contributed by atoms with van der Waals surface area (Å²) in [7, 11) is 0. The van der Waals surface area contributed by atoms with E-state index < -0.39 is 0 Å². The van der Waals surface area contributed by atoms with Gasteiger partial charge in [-0.2, -0.15) is 4.98 Å². The molecule has 0 fully saturated rings. The Bertz CT molecular complexity index is 545. The van der Waals surface area contributed by atoms with E-state index >= 15 is 0 Å². The largest absolute Gasteiger partial charge is 0.398 e. The normalized spacial score (nSPS) is 12.6. The summed E-state index contributed by atoms with van der Waals surface area (Å²) < 4.78 is 10.9. The maximum absolute atomic E-state index is 6.14. The fourth-order valence-corrected chi connectivity index (χ4v) is 2.25. The molecule has 1 atom stereocenters. The van der Waals surface area contributed by atoms with Gasteiger partial charge < -0.3 is 15.0 Å². The molecule has 0 aliphatic heterocycles.